The van der Waals surface area contributed by atoms with Crippen LogP contribution in [-0.2, 0) is 11.8 Å². The maximum Gasteiger partial charge on any atom is 0.194 e. The minimum absolute atomic E-state index is 0.190. The summed E-state index contributed by atoms with van der Waals surface area (Å²) in [6.07, 6.45) is 2.05. The smallest absolute Gasteiger partial charge is 0.194 e. The van der Waals surface area contributed by atoms with E-state index in [1.807, 2.05) is 29.8 Å². The van der Waals surface area contributed by atoms with Crippen molar-refractivity contribution in [2.75, 3.05) is 18.9 Å². The van der Waals surface area contributed by atoms with Crippen LogP contribution < -0.4 is 5.73 Å². The third-order valence-electron chi connectivity index (χ3n) is 4.20. The Balaban J connectivity index is 2.06. The molecule has 1 unspecified atom stereocenters. The molecular weight excluding hydrogens is 284 g/mol. The van der Waals surface area contributed by atoms with Crippen molar-refractivity contribution in [2.45, 2.75) is 18.8 Å². The number of hydrogen-bond donors (Lipinski definition) is 2. The summed E-state index contributed by atoms with van der Waals surface area (Å²) in [6.45, 7) is 1.61. The minimum Gasteiger partial charge on any atom is -0.399 e. The van der Waals surface area contributed by atoms with Crippen LogP contribution in [0.5, 0.6) is 0 Å². The van der Waals surface area contributed by atoms with Gasteiger partial charge >= 0.3 is 0 Å². The zero-order valence-corrected chi connectivity index (χ0v) is 12.9. The van der Waals surface area contributed by atoms with Gasteiger partial charge in [0.15, 0.2) is 4.77 Å². The minimum atomic E-state index is 0.190. The van der Waals surface area contributed by atoms with Crippen LogP contribution >= 0.6 is 12.2 Å². The number of anilines is 1. The lowest BCUT2D eigenvalue weighted by molar-refractivity contribution is 0.0606. The van der Waals surface area contributed by atoms with Crippen molar-refractivity contribution in [1.29, 1.82) is 0 Å². The molecule has 6 heteroatoms. The molecule has 3 N–H and O–H groups in total. The molecule has 0 spiro atoms. The first-order chi connectivity index (χ1) is 10.2. The molecule has 0 saturated carbocycles. The van der Waals surface area contributed by atoms with E-state index in [0.29, 0.717) is 10.7 Å². The summed E-state index contributed by atoms with van der Waals surface area (Å²) in [5.74, 6) is 1.65. The Kier molecular flexibility index (Phi) is 4.07. The number of aromatic nitrogens is 3. The van der Waals surface area contributed by atoms with Crippen molar-refractivity contribution in [3.8, 4) is 0 Å². The van der Waals surface area contributed by atoms with Crippen LogP contribution in [0.2, 0.25) is 0 Å². The van der Waals surface area contributed by atoms with E-state index < -0.39 is 0 Å². The fraction of sp³-hybridized carbons (Fsp3) is 0.467. The molecule has 1 aromatic carbocycles. The van der Waals surface area contributed by atoms with Crippen molar-refractivity contribution in [2.24, 2.45) is 13.0 Å². The summed E-state index contributed by atoms with van der Waals surface area (Å²) in [4.78, 5) is 0. The van der Waals surface area contributed by atoms with Gasteiger partial charge in [-0.3, -0.25) is 5.10 Å². The van der Waals surface area contributed by atoms with E-state index in [1.54, 1.807) is 0 Å². The number of aromatic amines is 1. The van der Waals surface area contributed by atoms with Gasteiger partial charge in [0.05, 0.1) is 0 Å². The van der Waals surface area contributed by atoms with Crippen LogP contribution in [0.4, 0.5) is 5.69 Å². The second kappa shape index (κ2) is 5.99. The molecule has 1 atom stereocenters. The van der Waals surface area contributed by atoms with Crippen molar-refractivity contribution >= 4 is 17.9 Å². The van der Waals surface area contributed by atoms with E-state index in [0.717, 1.165) is 37.6 Å². The van der Waals surface area contributed by atoms with Gasteiger partial charge in [0, 0.05) is 31.9 Å². The predicted molar refractivity (Wildman–Crippen MR) is 84.6 cm³/mol. The fourth-order valence-corrected chi connectivity index (χ4v) is 3.21. The van der Waals surface area contributed by atoms with Crippen molar-refractivity contribution in [3.63, 3.8) is 0 Å². The van der Waals surface area contributed by atoms with Crippen LogP contribution in [0, 0.1) is 10.7 Å². The molecule has 112 valence electrons. The summed E-state index contributed by atoms with van der Waals surface area (Å²) in [5, 5.41) is 7.36. The first-order valence-electron chi connectivity index (χ1n) is 7.21. The van der Waals surface area contributed by atoms with E-state index in [4.69, 9.17) is 22.7 Å². The molecule has 1 aromatic heterocycles. The molecule has 1 aliphatic heterocycles. The number of hydrogen-bond acceptors (Lipinski definition) is 4. The van der Waals surface area contributed by atoms with Crippen LogP contribution in [0.15, 0.2) is 24.3 Å². The number of nitrogens with zero attached hydrogens (tertiary/aromatic N) is 2. The average Bonchev–Trinajstić information content (AvgIpc) is 2.81. The normalized spacial score (nSPS) is 17.8. The van der Waals surface area contributed by atoms with E-state index in [9.17, 15) is 0 Å². The predicted octanol–water partition coefficient (Wildman–Crippen LogP) is 2.62. The van der Waals surface area contributed by atoms with Crippen LogP contribution in [0.25, 0.3) is 0 Å². The Morgan fingerprint density at radius 2 is 2.19 bits per heavy atom. The van der Waals surface area contributed by atoms with Gasteiger partial charge in [0.1, 0.15) is 5.82 Å². The molecule has 3 rings (SSSR count). The lowest BCUT2D eigenvalue weighted by Crippen LogP contribution is -2.25. The summed E-state index contributed by atoms with van der Waals surface area (Å²) < 4.78 is 8.10. The Morgan fingerprint density at radius 1 is 1.43 bits per heavy atom. The molecule has 21 heavy (non-hydrogen) atoms. The van der Waals surface area contributed by atoms with Crippen molar-refractivity contribution < 1.29 is 4.74 Å². The number of nitrogens with one attached hydrogen (secondary N) is 1. The molecular formula is C15H20N4OS. The van der Waals surface area contributed by atoms with Crippen molar-refractivity contribution in [3.05, 3.63) is 40.4 Å². The zero-order valence-electron chi connectivity index (χ0n) is 12.1. The number of H-pyrrole nitrogens is 1. The lowest BCUT2D eigenvalue weighted by atomic mass is 9.80. The zero-order chi connectivity index (χ0) is 14.8. The fourth-order valence-electron chi connectivity index (χ4n) is 3.07. The van der Waals surface area contributed by atoms with E-state index in [1.165, 1.54) is 5.56 Å². The first kappa shape index (κ1) is 14.3. The summed E-state index contributed by atoms with van der Waals surface area (Å²) in [5.41, 5.74) is 7.94. The highest BCUT2D eigenvalue weighted by atomic mass is 32.1. The molecule has 1 fully saturated rings. The van der Waals surface area contributed by atoms with Crippen molar-refractivity contribution in [1.82, 2.24) is 14.8 Å². The number of benzene rings is 1. The standard InChI is InChI=1S/C15H20N4OS/c1-19-14(17-18-15(19)21)13(10-5-7-20-8-6-10)11-3-2-4-12(16)9-11/h2-4,9-10,13H,5-8,16H2,1H3,(H,18,21). The van der Waals surface area contributed by atoms with E-state index >= 15 is 0 Å². The number of rotatable bonds is 3. The molecule has 1 aliphatic rings. The second-order valence-electron chi connectivity index (χ2n) is 5.54. The molecule has 0 radical (unpaired) electrons. The van der Waals surface area contributed by atoms with Crippen LogP contribution in [0.1, 0.15) is 30.1 Å². The third kappa shape index (κ3) is 2.87. The number of nitrogens with two attached hydrogens (primary N) is 1. The molecule has 2 heterocycles. The van der Waals surface area contributed by atoms with Crippen LogP contribution in [0.3, 0.4) is 0 Å². The highest BCUT2D eigenvalue weighted by Crippen LogP contribution is 2.37. The van der Waals surface area contributed by atoms with Gasteiger partial charge in [-0.15, -0.1) is 0 Å². The summed E-state index contributed by atoms with van der Waals surface area (Å²) >= 11 is 5.27. The molecule has 0 aliphatic carbocycles. The van der Waals surface area contributed by atoms with Gasteiger partial charge < -0.3 is 15.0 Å². The van der Waals surface area contributed by atoms with Gasteiger partial charge in [-0.2, -0.15) is 5.10 Å². The highest BCUT2D eigenvalue weighted by molar-refractivity contribution is 7.71. The topological polar surface area (TPSA) is 68.9 Å². The van der Waals surface area contributed by atoms with Gasteiger partial charge in [-0.05, 0) is 48.7 Å². The Morgan fingerprint density at radius 3 is 2.81 bits per heavy atom. The van der Waals surface area contributed by atoms with Gasteiger partial charge in [0.25, 0.3) is 0 Å². The third-order valence-corrected chi connectivity index (χ3v) is 4.56. The Hall–Kier alpha value is -1.66. The molecule has 5 nitrogen and oxygen atoms in total. The van der Waals surface area contributed by atoms with Gasteiger partial charge in [-0.1, -0.05) is 12.1 Å². The van der Waals surface area contributed by atoms with Gasteiger partial charge in [-0.25, -0.2) is 0 Å². The Labute approximate surface area is 129 Å². The molecule has 1 saturated heterocycles. The average molecular weight is 304 g/mol. The summed E-state index contributed by atoms with van der Waals surface area (Å²) in [6, 6.07) is 8.07. The van der Waals surface area contributed by atoms with Crippen LogP contribution in [-0.4, -0.2) is 28.0 Å². The molecule has 2 aromatic rings. The maximum atomic E-state index is 5.97. The van der Waals surface area contributed by atoms with Gasteiger partial charge in [0.2, 0.25) is 0 Å². The summed E-state index contributed by atoms with van der Waals surface area (Å²) in [7, 11) is 1.96. The Bertz CT molecular complexity index is 672. The second-order valence-corrected chi connectivity index (χ2v) is 5.93. The number of nitrogen functional groups attached to an aromatic ring is 1. The lowest BCUT2D eigenvalue weighted by Gasteiger charge is -2.30. The monoisotopic (exact) mass is 304 g/mol. The highest BCUT2D eigenvalue weighted by Gasteiger charge is 2.30. The SMILES string of the molecule is Cn1c(C(c2cccc(N)c2)C2CCOCC2)n[nH]c1=S. The van der Waals surface area contributed by atoms with E-state index in [2.05, 4.69) is 16.3 Å². The van der Waals surface area contributed by atoms with E-state index in [-0.39, 0.29) is 5.92 Å². The molecule has 0 amide bonds. The quantitative estimate of drug-likeness (QED) is 0.675. The largest absolute Gasteiger partial charge is 0.399 e. The molecule has 0 bridgehead atoms. The maximum absolute atomic E-state index is 5.97. The first-order valence-corrected chi connectivity index (χ1v) is 7.62. The number of ether oxygens (including phenoxy) is 1.